The molecule has 16 heteroatoms. The third kappa shape index (κ3) is 10.3. The van der Waals surface area contributed by atoms with Gasteiger partial charge in [-0.1, -0.05) is 103 Å². The molecule has 0 unspecified atom stereocenters. The molecule has 302 valence electrons. The van der Waals surface area contributed by atoms with Crippen LogP contribution in [0.3, 0.4) is 0 Å². The van der Waals surface area contributed by atoms with E-state index in [2.05, 4.69) is 0 Å². The maximum atomic E-state index is 14.2. The topological polar surface area (TPSA) is 158 Å². The molecule has 0 spiro atoms. The van der Waals surface area contributed by atoms with Crippen LogP contribution in [0.5, 0.6) is 0 Å². The Labute approximate surface area is 338 Å². The molecule has 1 saturated heterocycles. The van der Waals surface area contributed by atoms with Gasteiger partial charge >= 0.3 is 42.0 Å². The van der Waals surface area contributed by atoms with E-state index in [1.807, 2.05) is 0 Å². The van der Waals surface area contributed by atoms with Gasteiger partial charge in [0.25, 0.3) is 0 Å². The summed E-state index contributed by atoms with van der Waals surface area (Å²) in [5, 5.41) is 0. The largest absolute Gasteiger partial charge is 0.490 e. The van der Waals surface area contributed by atoms with Crippen molar-refractivity contribution in [3.05, 3.63) is 179 Å². The minimum atomic E-state index is -5.71. The number of alkyl halides is 3. The van der Waals surface area contributed by atoms with Crippen molar-refractivity contribution in [1.29, 1.82) is 0 Å². The summed E-state index contributed by atoms with van der Waals surface area (Å²) in [5.74, 6) is -8.63. The highest BCUT2D eigenvalue weighted by Crippen LogP contribution is 2.48. The SMILES string of the molecule is O=C(OC[C@@]1(OC(=O)C(F)(F)F)S[C@H](OC(=O)c2ccccc2)[C@H](OC(=O)c2ccccc2)[C@@H](OC(=O)c2ccccc2)[C@@H]1OC(=O)c1ccccc1)c1ccccc1. The van der Waals surface area contributed by atoms with Crippen LogP contribution in [0.2, 0.25) is 0 Å². The number of hydrogen-bond acceptors (Lipinski definition) is 13. The van der Waals surface area contributed by atoms with Crippen LogP contribution in [0.4, 0.5) is 13.2 Å². The average Bonchev–Trinajstić information content (AvgIpc) is 3.26. The Hall–Kier alpha value is -6.94. The molecule has 0 radical (unpaired) electrons. The molecular formula is C43H31F3O12S. The molecule has 0 amide bonds. The van der Waals surface area contributed by atoms with Gasteiger partial charge in [0.1, 0.15) is 6.61 Å². The van der Waals surface area contributed by atoms with E-state index in [1.165, 1.54) is 121 Å². The minimum Gasteiger partial charge on any atom is -0.457 e. The first-order chi connectivity index (χ1) is 28.3. The van der Waals surface area contributed by atoms with E-state index >= 15 is 0 Å². The molecule has 0 N–H and O–H groups in total. The lowest BCUT2D eigenvalue weighted by Crippen LogP contribution is -2.67. The van der Waals surface area contributed by atoms with E-state index in [-0.39, 0.29) is 39.6 Å². The molecule has 1 heterocycles. The van der Waals surface area contributed by atoms with Crippen LogP contribution in [-0.2, 0) is 33.2 Å². The standard InChI is InChI=1S/C43H31F3O12S/c44-43(45,46)41(52)58-42(26-53-35(47)27-16-6-1-7-17-27)34(56-38(50)30-22-12-4-13-23-30)32(54-36(48)28-18-8-2-9-19-28)33(55-37(49)29-20-10-3-11-21-29)40(59-42)57-39(51)31-24-14-5-15-25-31/h1-25,32-34,40H,26H2/t32-,33-,34+,40+,42-/m1/s1. The molecule has 0 saturated carbocycles. The van der Waals surface area contributed by atoms with Gasteiger partial charge in [0.2, 0.25) is 4.93 Å². The molecule has 0 aliphatic carbocycles. The Kier molecular flexibility index (Phi) is 13.1. The Morgan fingerprint density at radius 3 is 1.20 bits per heavy atom. The molecule has 5 aromatic rings. The molecule has 1 aliphatic heterocycles. The molecule has 6 rings (SSSR count). The van der Waals surface area contributed by atoms with Crippen molar-refractivity contribution in [2.75, 3.05) is 6.61 Å². The number of esters is 6. The third-order valence-electron chi connectivity index (χ3n) is 8.53. The summed E-state index contributed by atoms with van der Waals surface area (Å²) in [6.45, 7) is -1.34. The molecule has 1 aliphatic rings. The molecular weight excluding hydrogens is 798 g/mol. The van der Waals surface area contributed by atoms with Gasteiger partial charge in [-0.15, -0.1) is 0 Å². The van der Waals surface area contributed by atoms with Gasteiger partial charge in [-0.2, -0.15) is 13.2 Å². The van der Waals surface area contributed by atoms with Crippen LogP contribution in [0.1, 0.15) is 51.8 Å². The van der Waals surface area contributed by atoms with Crippen molar-refractivity contribution < 1.29 is 70.4 Å². The van der Waals surface area contributed by atoms with Crippen molar-refractivity contribution >= 4 is 47.6 Å². The molecule has 0 bridgehead atoms. The molecule has 12 nitrogen and oxygen atoms in total. The molecule has 59 heavy (non-hydrogen) atoms. The fourth-order valence-corrected chi connectivity index (χ4v) is 7.15. The molecule has 1 fully saturated rings. The van der Waals surface area contributed by atoms with Crippen LogP contribution < -0.4 is 0 Å². The molecule has 5 aromatic carbocycles. The van der Waals surface area contributed by atoms with Gasteiger partial charge in [0.15, 0.2) is 23.7 Å². The normalized spacial score (nSPS) is 19.9. The fourth-order valence-electron chi connectivity index (χ4n) is 5.71. The van der Waals surface area contributed by atoms with Crippen molar-refractivity contribution in [2.45, 2.75) is 34.9 Å². The summed E-state index contributed by atoms with van der Waals surface area (Å²) >= 11 is 0.0917. The lowest BCUT2D eigenvalue weighted by atomic mass is 9.99. The van der Waals surface area contributed by atoms with Crippen molar-refractivity contribution in [3.8, 4) is 0 Å². The number of halogens is 3. The predicted molar refractivity (Wildman–Crippen MR) is 202 cm³/mol. The highest BCUT2D eigenvalue weighted by molar-refractivity contribution is 8.01. The number of carbonyl (C=O) groups is 6. The van der Waals surface area contributed by atoms with E-state index in [9.17, 15) is 41.9 Å². The van der Waals surface area contributed by atoms with Crippen molar-refractivity contribution in [2.24, 2.45) is 0 Å². The maximum absolute atomic E-state index is 14.2. The Morgan fingerprint density at radius 2 is 0.814 bits per heavy atom. The van der Waals surface area contributed by atoms with Gasteiger partial charge in [-0.25, -0.2) is 28.8 Å². The van der Waals surface area contributed by atoms with Crippen LogP contribution in [0, 0.1) is 0 Å². The highest BCUT2D eigenvalue weighted by atomic mass is 32.2. The number of benzene rings is 5. The zero-order valence-corrected chi connectivity index (χ0v) is 31.2. The zero-order valence-electron chi connectivity index (χ0n) is 30.4. The minimum absolute atomic E-state index is 0.0614. The Bertz CT molecular complexity index is 2260. The number of ether oxygens (including phenoxy) is 6. The Balaban J connectivity index is 1.56. The summed E-state index contributed by atoms with van der Waals surface area (Å²) in [6, 6.07) is 35.9. The number of rotatable bonds is 12. The van der Waals surface area contributed by atoms with Crippen molar-refractivity contribution in [3.63, 3.8) is 0 Å². The second kappa shape index (κ2) is 18.5. The number of carbonyl (C=O) groups excluding carboxylic acids is 6. The van der Waals surface area contributed by atoms with Gasteiger partial charge in [-0.05, 0) is 60.7 Å². The van der Waals surface area contributed by atoms with Gasteiger partial charge in [0.05, 0.1) is 27.8 Å². The summed E-state index contributed by atoms with van der Waals surface area (Å²) < 4.78 is 76.8. The maximum Gasteiger partial charge on any atom is 0.490 e. The summed E-state index contributed by atoms with van der Waals surface area (Å²) in [6.07, 6.45) is -12.4. The van der Waals surface area contributed by atoms with E-state index < -0.39 is 77.3 Å². The van der Waals surface area contributed by atoms with Crippen LogP contribution in [-0.4, -0.2) is 77.3 Å². The average molecular weight is 829 g/mol. The second-order valence-electron chi connectivity index (χ2n) is 12.6. The molecule has 0 aromatic heterocycles. The first-order valence-electron chi connectivity index (χ1n) is 17.6. The predicted octanol–water partition coefficient (Wildman–Crippen LogP) is 7.25. The fraction of sp³-hybridized carbons (Fsp3) is 0.163. The monoisotopic (exact) mass is 828 g/mol. The lowest BCUT2D eigenvalue weighted by molar-refractivity contribution is -0.225. The smallest absolute Gasteiger partial charge is 0.457 e. The lowest BCUT2D eigenvalue weighted by Gasteiger charge is -2.49. The summed E-state index contributed by atoms with van der Waals surface area (Å²) in [4.78, 5) is 78.6. The van der Waals surface area contributed by atoms with Crippen LogP contribution >= 0.6 is 11.8 Å². The Morgan fingerprint density at radius 1 is 0.475 bits per heavy atom. The number of hydrogen-bond donors (Lipinski definition) is 0. The van der Waals surface area contributed by atoms with Crippen molar-refractivity contribution in [1.82, 2.24) is 0 Å². The van der Waals surface area contributed by atoms with Crippen LogP contribution in [0.25, 0.3) is 0 Å². The van der Waals surface area contributed by atoms with Crippen LogP contribution in [0.15, 0.2) is 152 Å². The highest BCUT2D eigenvalue weighted by Gasteiger charge is 2.65. The third-order valence-corrected chi connectivity index (χ3v) is 9.96. The van der Waals surface area contributed by atoms with Gasteiger partial charge < -0.3 is 28.4 Å². The summed E-state index contributed by atoms with van der Waals surface area (Å²) in [7, 11) is 0. The quantitative estimate of drug-likeness (QED) is 0.0916. The first kappa shape index (κ1) is 41.7. The number of thioether (sulfide) groups is 1. The summed E-state index contributed by atoms with van der Waals surface area (Å²) in [5.41, 5.74) is -2.56. The molecule has 5 atom stereocenters. The van der Waals surface area contributed by atoms with E-state index in [1.54, 1.807) is 30.3 Å². The first-order valence-corrected chi connectivity index (χ1v) is 18.5. The van der Waals surface area contributed by atoms with E-state index in [0.29, 0.717) is 0 Å². The van der Waals surface area contributed by atoms with Gasteiger partial charge in [0, 0.05) is 0 Å². The van der Waals surface area contributed by atoms with E-state index in [0.717, 1.165) is 0 Å². The second-order valence-corrected chi connectivity index (χ2v) is 14.0. The zero-order chi connectivity index (χ0) is 42.0. The van der Waals surface area contributed by atoms with E-state index in [4.69, 9.17) is 28.4 Å². The van der Waals surface area contributed by atoms with Gasteiger partial charge in [-0.3, -0.25) is 0 Å².